The van der Waals surface area contributed by atoms with E-state index in [0.717, 1.165) is 22.3 Å². The molecule has 4 aromatic rings. The van der Waals surface area contributed by atoms with E-state index in [1.807, 2.05) is 121 Å². The summed E-state index contributed by atoms with van der Waals surface area (Å²) in [6.45, 7) is 1.34. The lowest BCUT2D eigenvalue weighted by molar-refractivity contribution is -0.0823. The Balaban J connectivity index is 1.39. The van der Waals surface area contributed by atoms with Gasteiger partial charge in [-0.1, -0.05) is 121 Å². The van der Waals surface area contributed by atoms with Crippen LogP contribution in [0.15, 0.2) is 121 Å². The number of carbonyl (C=O) groups excluding carboxylic acids is 1. The van der Waals surface area contributed by atoms with Gasteiger partial charge in [0.05, 0.1) is 37.6 Å². The largest absolute Gasteiger partial charge is 0.445 e. The van der Waals surface area contributed by atoms with Crippen molar-refractivity contribution in [2.45, 2.75) is 70.0 Å². The summed E-state index contributed by atoms with van der Waals surface area (Å²) in [4.78, 5) is 15.6. The van der Waals surface area contributed by atoms with Crippen molar-refractivity contribution in [3.05, 3.63) is 144 Å². The van der Waals surface area contributed by atoms with Crippen LogP contribution in [-0.2, 0) is 40.6 Å². The number of amides is 1. The number of aliphatic hydroxyl groups is 1. The highest BCUT2D eigenvalue weighted by Gasteiger charge is 2.39. The zero-order valence-electron chi connectivity index (χ0n) is 23.8. The first-order chi connectivity index (χ1) is 20.7. The molecule has 42 heavy (non-hydrogen) atoms. The van der Waals surface area contributed by atoms with Crippen LogP contribution >= 0.6 is 0 Å². The van der Waals surface area contributed by atoms with Crippen molar-refractivity contribution in [3.63, 3.8) is 0 Å². The molecule has 1 fully saturated rings. The second-order valence-corrected chi connectivity index (χ2v) is 10.8. The van der Waals surface area contributed by atoms with Crippen molar-refractivity contribution in [1.82, 2.24) is 4.90 Å². The van der Waals surface area contributed by atoms with Crippen LogP contribution in [0, 0.1) is 0 Å². The van der Waals surface area contributed by atoms with Gasteiger partial charge in [-0.15, -0.1) is 0 Å². The predicted octanol–water partition coefficient (Wildman–Crippen LogP) is 6.91. The van der Waals surface area contributed by atoms with E-state index in [9.17, 15) is 9.90 Å². The number of aliphatic hydroxyl groups excluding tert-OH is 1. The first-order valence-electron chi connectivity index (χ1n) is 14.7. The Kier molecular flexibility index (Phi) is 10.8. The fraction of sp³-hybridized carbons (Fsp3) is 0.306. The summed E-state index contributed by atoms with van der Waals surface area (Å²) in [6.07, 6.45) is -0.417. The summed E-state index contributed by atoms with van der Waals surface area (Å²) < 4.78 is 18.7. The van der Waals surface area contributed by atoms with Crippen LogP contribution in [0.3, 0.4) is 0 Å². The molecule has 1 aliphatic rings. The maximum absolute atomic E-state index is 13.8. The van der Waals surface area contributed by atoms with Crippen molar-refractivity contribution in [2.75, 3.05) is 0 Å². The average molecular weight is 566 g/mol. The Morgan fingerprint density at radius 1 is 0.619 bits per heavy atom. The second kappa shape index (κ2) is 15.3. The van der Waals surface area contributed by atoms with Gasteiger partial charge in [0.25, 0.3) is 0 Å². The van der Waals surface area contributed by atoms with Crippen molar-refractivity contribution in [3.8, 4) is 0 Å². The Morgan fingerprint density at radius 2 is 1.07 bits per heavy atom. The molecule has 0 bridgehead atoms. The van der Waals surface area contributed by atoms with E-state index < -0.39 is 18.3 Å². The molecule has 4 aromatic carbocycles. The van der Waals surface area contributed by atoms with E-state index in [4.69, 9.17) is 14.2 Å². The van der Waals surface area contributed by atoms with E-state index in [-0.39, 0.29) is 18.8 Å². The number of hydrogen-bond acceptors (Lipinski definition) is 5. The minimum Gasteiger partial charge on any atom is -0.445 e. The highest BCUT2D eigenvalue weighted by Crippen LogP contribution is 2.30. The number of rotatable bonds is 11. The summed E-state index contributed by atoms with van der Waals surface area (Å²) in [5.41, 5.74) is 4.01. The molecule has 1 amide bonds. The Morgan fingerprint density at radius 3 is 1.60 bits per heavy atom. The van der Waals surface area contributed by atoms with E-state index in [1.54, 1.807) is 4.90 Å². The van der Waals surface area contributed by atoms with Crippen LogP contribution in [0.5, 0.6) is 0 Å². The van der Waals surface area contributed by atoms with E-state index >= 15 is 0 Å². The zero-order valence-corrected chi connectivity index (χ0v) is 23.8. The van der Waals surface area contributed by atoms with E-state index in [0.29, 0.717) is 39.0 Å². The first kappa shape index (κ1) is 29.5. The zero-order chi connectivity index (χ0) is 29.0. The second-order valence-electron chi connectivity index (χ2n) is 10.8. The Bertz CT molecular complexity index is 1340. The van der Waals surface area contributed by atoms with Crippen LogP contribution < -0.4 is 0 Å². The van der Waals surface area contributed by atoms with Gasteiger partial charge in [0, 0.05) is 13.0 Å². The third kappa shape index (κ3) is 8.52. The van der Waals surface area contributed by atoms with Crippen molar-refractivity contribution in [1.29, 1.82) is 0 Å². The molecule has 0 spiro atoms. The maximum Gasteiger partial charge on any atom is 0.410 e. The van der Waals surface area contributed by atoms with Gasteiger partial charge in [-0.3, -0.25) is 4.90 Å². The molecule has 0 aromatic heterocycles. The van der Waals surface area contributed by atoms with Gasteiger partial charge in [0.1, 0.15) is 6.61 Å². The number of nitrogens with zero attached hydrogens (tertiary/aromatic N) is 1. The molecule has 1 unspecified atom stereocenters. The van der Waals surface area contributed by atoms with Gasteiger partial charge in [0.2, 0.25) is 0 Å². The summed E-state index contributed by atoms with van der Waals surface area (Å²) in [7, 11) is 0. The highest BCUT2D eigenvalue weighted by atomic mass is 16.6. The summed E-state index contributed by atoms with van der Waals surface area (Å²) in [5, 5.41) is 11.2. The molecular weight excluding hydrogens is 526 g/mol. The third-order valence-corrected chi connectivity index (χ3v) is 7.73. The molecule has 6 heteroatoms. The standard InChI is InChI=1S/C36H39NO5/c38-33-22-21-32(37(24-28-13-5-1-6-14-28)36(39)42-27-31-19-11-4-12-20-31)34(40-25-29-15-7-2-8-16-29)23-35(33)41-26-30-17-9-3-10-18-30/h1-20,32-35,38H,21-27H2/t32-,33?,34+,35+/m1/s1. The molecule has 1 aliphatic carbocycles. The Hall–Kier alpha value is -3.97. The minimum absolute atomic E-state index is 0.179. The van der Waals surface area contributed by atoms with Crippen LogP contribution in [-0.4, -0.2) is 40.5 Å². The predicted molar refractivity (Wildman–Crippen MR) is 162 cm³/mol. The lowest BCUT2D eigenvalue weighted by atomic mass is 10.0. The van der Waals surface area contributed by atoms with Crippen LogP contribution in [0.4, 0.5) is 4.79 Å². The third-order valence-electron chi connectivity index (χ3n) is 7.73. The average Bonchev–Trinajstić information content (AvgIpc) is 3.20. The summed E-state index contributed by atoms with van der Waals surface area (Å²) in [6, 6.07) is 39.2. The fourth-order valence-corrected chi connectivity index (χ4v) is 5.43. The number of hydrogen-bond donors (Lipinski definition) is 1. The van der Waals surface area contributed by atoms with Crippen LogP contribution in [0.2, 0.25) is 0 Å². The van der Waals surface area contributed by atoms with E-state index in [2.05, 4.69) is 0 Å². The minimum atomic E-state index is -0.680. The smallest absolute Gasteiger partial charge is 0.410 e. The highest BCUT2D eigenvalue weighted by molar-refractivity contribution is 5.68. The molecule has 5 rings (SSSR count). The molecule has 6 nitrogen and oxygen atoms in total. The van der Waals surface area contributed by atoms with Crippen LogP contribution in [0.25, 0.3) is 0 Å². The van der Waals surface area contributed by atoms with Gasteiger partial charge >= 0.3 is 6.09 Å². The lowest BCUT2D eigenvalue weighted by Gasteiger charge is -2.36. The van der Waals surface area contributed by atoms with Gasteiger partial charge in [-0.2, -0.15) is 0 Å². The number of benzene rings is 4. The lowest BCUT2D eigenvalue weighted by Crippen LogP contribution is -2.48. The van der Waals surface area contributed by atoms with Gasteiger partial charge in [-0.25, -0.2) is 4.79 Å². The molecule has 1 saturated carbocycles. The first-order valence-corrected chi connectivity index (χ1v) is 14.7. The fourth-order valence-electron chi connectivity index (χ4n) is 5.43. The Labute approximate surface area is 248 Å². The van der Waals surface area contributed by atoms with Crippen molar-refractivity contribution in [2.24, 2.45) is 0 Å². The van der Waals surface area contributed by atoms with Gasteiger partial charge < -0.3 is 19.3 Å². The van der Waals surface area contributed by atoms with Gasteiger partial charge in [0.15, 0.2) is 0 Å². The summed E-state index contributed by atoms with van der Waals surface area (Å²) in [5.74, 6) is 0. The molecule has 218 valence electrons. The molecule has 4 atom stereocenters. The molecular formula is C36H39NO5. The quantitative estimate of drug-likeness (QED) is 0.200. The normalized spacial score (nSPS) is 20.4. The topological polar surface area (TPSA) is 68.2 Å². The monoisotopic (exact) mass is 565 g/mol. The van der Waals surface area contributed by atoms with Crippen molar-refractivity contribution < 1.29 is 24.1 Å². The van der Waals surface area contributed by atoms with Crippen molar-refractivity contribution >= 4 is 6.09 Å². The SMILES string of the molecule is O=C(OCc1ccccc1)N(Cc1ccccc1)[C@@H]1CCC(O)[C@@H](OCc2ccccc2)C[C@@H]1OCc1ccccc1. The van der Waals surface area contributed by atoms with Crippen LogP contribution in [0.1, 0.15) is 41.5 Å². The molecule has 0 radical (unpaired) electrons. The number of carbonyl (C=O) groups is 1. The van der Waals surface area contributed by atoms with E-state index in [1.165, 1.54) is 0 Å². The number of ether oxygens (including phenoxy) is 3. The molecule has 0 saturated heterocycles. The van der Waals surface area contributed by atoms with Gasteiger partial charge in [-0.05, 0) is 35.1 Å². The maximum atomic E-state index is 13.8. The summed E-state index contributed by atoms with van der Waals surface area (Å²) >= 11 is 0. The molecule has 0 aliphatic heterocycles. The molecule has 0 heterocycles. The molecule has 1 N–H and O–H groups in total.